The van der Waals surface area contributed by atoms with Crippen molar-refractivity contribution in [2.24, 2.45) is 0 Å². The Bertz CT molecular complexity index is 727. The molecule has 0 aliphatic carbocycles. The highest BCUT2D eigenvalue weighted by molar-refractivity contribution is 9.10. The molecule has 3 rings (SSSR count). The predicted octanol–water partition coefficient (Wildman–Crippen LogP) is 4.02. The van der Waals surface area contributed by atoms with Crippen LogP contribution < -0.4 is 0 Å². The van der Waals surface area contributed by atoms with Gasteiger partial charge in [-0.1, -0.05) is 42.1 Å². The van der Waals surface area contributed by atoms with Crippen molar-refractivity contribution in [2.45, 2.75) is 5.16 Å². The van der Waals surface area contributed by atoms with E-state index in [1.807, 2.05) is 42.7 Å². The summed E-state index contributed by atoms with van der Waals surface area (Å²) in [7, 11) is 0. The van der Waals surface area contributed by atoms with Crippen LogP contribution in [0.25, 0.3) is 22.8 Å². The first-order valence-corrected chi connectivity index (χ1v) is 7.98. The quantitative estimate of drug-likeness (QED) is 0.574. The molecule has 0 aliphatic heterocycles. The summed E-state index contributed by atoms with van der Waals surface area (Å²) in [6.07, 6.45) is 3.70. The van der Waals surface area contributed by atoms with Crippen molar-refractivity contribution in [1.29, 1.82) is 0 Å². The first-order valence-electron chi connectivity index (χ1n) is 5.96. The van der Waals surface area contributed by atoms with Crippen LogP contribution in [0.15, 0.2) is 52.4 Å². The van der Waals surface area contributed by atoms with E-state index in [0.717, 1.165) is 32.5 Å². The van der Waals surface area contributed by atoms with E-state index in [0.29, 0.717) is 0 Å². The Morgan fingerprint density at radius 1 is 1.10 bits per heavy atom. The lowest BCUT2D eigenvalue weighted by Crippen LogP contribution is -1.89. The number of aromatic nitrogens is 4. The van der Waals surface area contributed by atoms with Gasteiger partial charge < -0.3 is 4.98 Å². The van der Waals surface area contributed by atoms with E-state index < -0.39 is 0 Å². The number of halogens is 1. The largest absolute Gasteiger partial charge is 0.332 e. The summed E-state index contributed by atoms with van der Waals surface area (Å²) in [5.74, 6) is 0.816. The molecule has 0 aliphatic rings. The topological polar surface area (TPSA) is 54.5 Å². The van der Waals surface area contributed by atoms with Crippen LogP contribution in [0.3, 0.4) is 0 Å². The summed E-state index contributed by atoms with van der Waals surface area (Å²) in [4.78, 5) is 16.5. The minimum Gasteiger partial charge on any atom is -0.332 e. The maximum Gasteiger partial charge on any atom is 0.187 e. The van der Waals surface area contributed by atoms with Gasteiger partial charge >= 0.3 is 0 Å². The molecule has 100 valence electrons. The second-order valence-electron chi connectivity index (χ2n) is 4.04. The fourth-order valence-electron chi connectivity index (χ4n) is 1.83. The number of H-pyrrole nitrogens is 1. The second kappa shape index (κ2) is 5.76. The predicted molar refractivity (Wildman–Crippen MR) is 84.5 cm³/mol. The third-order valence-electron chi connectivity index (χ3n) is 2.77. The van der Waals surface area contributed by atoms with Gasteiger partial charge in [0.25, 0.3) is 0 Å². The van der Waals surface area contributed by atoms with Crippen LogP contribution >= 0.6 is 27.7 Å². The van der Waals surface area contributed by atoms with Crippen LogP contribution in [0.2, 0.25) is 0 Å². The molecule has 0 bridgehead atoms. The van der Waals surface area contributed by atoms with E-state index in [1.165, 1.54) is 11.8 Å². The molecule has 0 unspecified atom stereocenters. The highest BCUT2D eigenvalue weighted by atomic mass is 79.9. The molecule has 4 nitrogen and oxygen atoms in total. The summed E-state index contributed by atoms with van der Waals surface area (Å²) in [5.41, 5.74) is 2.63. The summed E-state index contributed by atoms with van der Waals surface area (Å²) in [6.45, 7) is 0. The summed E-state index contributed by atoms with van der Waals surface area (Å²) < 4.78 is 0.821. The van der Waals surface area contributed by atoms with E-state index in [-0.39, 0.29) is 0 Å². The molecule has 1 aromatic carbocycles. The van der Waals surface area contributed by atoms with Gasteiger partial charge in [0.05, 0.1) is 5.69 Å². The maximum absolute atomic E-state index is 4.62. The van der Waals surface area contributed by atoms with Crippen LogP contribution in [0.1, 0.15) is 0 Å². The number of nitrogens with zero attached hydrogens (tertiary/aromatic N) is 3. The van der Waals surface area contributed by atoms with Crippen molar-refractivity contribution in [1.82, 2.24) is 19.9 Å². The highest BCUT2D eigenvalue weighted by Gasteiger charge is 2.13. The van der Waals surface area contributed by atoms with E-state index in [1.54, 1.807) is 6.20 Å². The van der Waals surface area contributed by atoms with E-state index in [2.05, 4.69) is 35.9 Å². The van der Waals surface area contributed by atoms with Crippen molar-refractivity contribution < 1.29 is 0 Å². The van der Waals surface area contributed by atoms with Crippen molar-refractivity contribution in [3.05, 3.63) is 47.2 Å². The number of aromatic amines is 1. The Morgan fingerprint density at radius 2 is 1.90 bits per heavy atom. The highest BCUT2D eigenvalue weighted by Crippen LogP contribution is 2.28. The molecule has 3 aromatic rings. The molecule has 0 saturated heterocycles. The molecule has 2 heterocycles. The zero-order valence-electron chi connectivity index (χ0n) is 10.7. The number of thioether (sulfide) groups is 1. The minimum absolute atomic E-state index is 0.735. The lowest BCUT2D eigenvalue weighted by Gasteiger charge is -1.98. The molecule has 0 atom stereocenters. The fourth-order valence-corrected chi connectivity index (χ4v) is 2.66. The Morgan fingerprint density at radius 3 is 2.65 bits per heavy atom. The SMILES string of the molecule is CSc1nccc(-c2nc(-c3ccccc3)[nH]c2Br)n1. The molecule has 20 heavy (non-hydrogen) atoms. The number of hydrogen-bond acceptors (Lipinski definition) is 4. The minimum atomic E-state index is 0.735. The Labute approximate surface area is 129 Å². The first-order chi connectivity index (χ1) is 9.78. The Hall–Kier alpha value is -1.66. The molecule has 6 heteroatoms. The number of rotatable bonds is 3. The molecule has 1 N–H and O–H groups in total. The van der Waals surface area contributed by atoms with Gasteiger partial charge in [0.2, 0.25) is 0 Å². The van der Waals surface area contributed by atoms with Gasteiger partial charge in [-0.3, -0.25) is 0 Å². The van der Waals surface area contributed by atoms with E-state index in [4.69, 9.17) is 0 Å². The number of hydrogen-bond donors (Lipinski definition) is 1. The smallest absolute Gasteiger partial charge is 0.187 e. The average molecular weight is 347 g/mol. The first kappa shape index (κ1) is 13.3. The monoisotopic (exact) mass is 346 g/mol. The van der Waals surface area contributed by atoms with Crippen molar-refractivity contribution in [3.8, 4) is 22.8 Å². The van der Waals surface area contributed by atoms with E-state index in [9.17, 15) is 0 Å². The van der Waals surface area contributed by atoms with Gasteiger partial charge in [-0.15, -0.1) is 0 Å². The van der Waals surface area contributed by atoms with Crippen LogP contribution in [0, 0.1) is 0 Å². The van der Waals surface area contributed by atoms with Crippen LogP contribution in [0.5, 0.6) is 0 Å². The molecule has 0 saturated carbocycles. The lowest BCUT2D eigenvalue weighted by atomic mass is 10.2. The van der Waals surface area contributed by atoms with Crippen LogP contribution in [0.4, 0.5) is 0 Å². The molecule has 0 radical (unpaired) electrons. The molecule has 2 aromatic heterocycles. The van der Waals surface area contributed by atoms with Crippen molar-refractivity contribution in [2.75, 3.05) is 6.26 Å². The third-order valence-corrected chi connectivity index (χ3v) is 3.90. The Kier molecular flexibility index (Phi) is 3.84. The van der Waals surface area contributed by atoms with Crippen molar-refractivity contribution in [3.63, 3.8) is 0 Å². The van der Waals surface area contributed by atoms with E-state index >= 15 is 0 Å². The van der Waals surface area contributed by atoms with Gasteiger partial charge in [-0.05, 0) is 28.3 Å². The number of imidazole rings is 1. The molecule has 0 spiro atoms. The van der Waals surface area contributed by atoms with Gasteiger partial charge in [0, 0.05) is 11.8 Å². The lowest BCUT2D eigenvalue weighted by molar-refractivity contribution is 0.972. The molecule has 0 fully saturated rings. The summed E-state index contributed by atoms with van der Waals surface area (Å²) in [5, 5.41) is 0.735. The molecular formula is C14H11BrN4S. The van der Waals surface area contributed by atoms with Crippen molar-refractivity contribution >= 4 is 27.7 Å². The Balaban J connectivity index is 2.05. The van der Waals surface area contributed by atoms with Gasteiger partial charge in [-0.2, -0.15) is 0 Å². The average Bonchev–Trinajstić information content (AvgIpc) is 2.90. The summed E-state index contributed by atoms with van der Waals surface area (Å²) >= 11 is 5.02. The van der Waals surface area contributed by atoms with Gasteiger partial charge in [-0.25, -0.2) is 15.0 Å². The summed E-state index contributed by atoms with van der Waals surface area (Å²) in [6, 6.07) is 11.8. The third kappa shape index (κ3) is 2.62. The zero-order chi connectivity index (χ0) is 13.9. The van der Waals surface area contributed by atoms with Crippen LogP contribution in [-0.2, 0) is 0 Å². The molecule has 0 amide bonds. The fraction of sp³-hybridized carbons (Fsp3) is 0.0714. The maximum atomic E-state index is 4.62. The number of nitrogens with one attached hydrogen (secondary N) is 1. The normalized spacial score (nSPS) is 10.7. The number of benzene rings is 1. The second-order valence-corrected chi connectivity index (χ2v) is 5.61. The van der Waals surface area contributed by atoms with Crippen LogP contribution in [-0.4, -0.2) is 26.2 Å². The van der Waals surface area contributed by atoms with Gasteiger partial charge in [0.15, 0.2) is 5.16 Å². The van der Waals surface area contributed by atoms with Gasteiger partial charge in [0.1, 0.15) is 16.1 Å². The molecular weight excluding hydrogens is 336 g/mol. The standard InChI is InChI=1S/C14H11BrN4S/c1-20-14-16-8-7-10(17-14)11-12(15)19-13(18-11)9-5-3-2-4-6-9/h2-8H,1H3,(H,18,19). The zero-order valence-corrected chi connectivity index (χ0v) is 13.1.